The van der Waals surface area contributed by atoms with Gasteiger partial charge in [0.05, 0.1) is 0 Å². The van der Waals surface area contributed by atoms with Gasteiger partial charge >= 0.3 is 77.6 Å². The molecule has 2 nitrogen and oxygen atoms in total. The van der Waals surface area contributed by atoms with Crippen molar-refractivity contribution in [3.8, 4) is 0 Å². The average molecular weight is 225 g/mol. The van der Waals surface area contributed by atoms with E-state index in [0.717, 1.165) is 0 Å². The summed E-state index contributed by atoms with van der Waals surface area (Å²) >= 11 is 0.448. The van der Waals surface area contributed by atoms with Crippen molar-refractivity contribution in [2.75, 3.05) is 0 Å². The molecule has 1 unspecified atom stereocenters. The van der Waals surface area contributed by atoms with Crippen LogP contribution in [0.2, 0.25) is 0 Å². The van der Waals surface area contributed by atoms with Crippen LogP contribution in [0.15, 0.2) is 29.2 Å². The molecule has 0 radical (unpaired) electrons. The Hall–Kier alpha value is -0.601. The molecule has 0 saturated carbocycles. The van der Waals surface area contributed by atoms with E-state index in [2.05, 4.69) is 40.7 Å². The van der Waals surface area contributed by atoms with Gasteiger partial charge in [-0.15, -0.1) is 0 Å². The van der Waals surface area contributed by atoms with Crippen LogP contribution in [0.4, 0.5) is 0 Å². The molecule has 3 heteroatoms. The molecule has 12 heavy (non-hydrogen) atoms. The molecule has 62 valence electrons. The molecule has 0 saturated heterocycles. The molecule has 2 rings (SSSR count). The molecule has 0 aliphatic carbocycles. The molecule has 1 aromatic carbocycles. The van der Waals surface area contributed by atoms with Crippen LogP contribution >= 0.6 is 0 Å². The van der Waals surface area contributed by atoms with Crippen LogP contribution in [0.3, 0.4) is 0 Å². The first-order valence-corrected chi connectivity index (χ1v) is 5.76. The van der Waals surface area contributed by atoms with Crippen LogP contribution in [0.25, 0.3) is 6.08 Å². The van der Waals surface area contributed by atoms with Crippen molar-refractivity contribution in [2.45, 2.75) is 4.94 Å². The van der Waals surface area contributed by atoms with Crippen LogP contribution in [-0.2, 0) is 0 Å². The van der Waals surface area contributed by atoms with Crippen molar-refractivity contribution in [1.29, 1.82) is 0 Å². The third-order valence-corrected chi connectivity index (χ3v) is 3.90. The second kappa shape index (κ2) is 3.42. The van der Waals surface area contributed by atoms with E-state index >= 15 is 0 Å². The second-order valence-electron chi connectivity index (χ2n) is 2.61. The molecule has 1 aromatic rings. The number of hydrazine groups is 1. The van der Waals surface area contributed by atoms with E-state index in [-0.39, 0.29) is 0 Å². The summed E-state index contributed by atoms with van der Waals surface area (Å²) in [6.07, 6.45) is 2.17. The maximum atomic E-state index is 5.45. The Kier molecular flexibility index (Phi) is 2.28. The van der Waals surface area contributed by atoms with Crippen molar-refractivity contribution < 1.29 is 0 Å². The second-order valence-corrected chi connectivity index (χ2v) is 4.75. The van der Waals surface area contributed by atoms with Gasteiger partial charge in [0, 0.05) is 0 Å². The third-order valence-electron chi connectivity index (χ3n) is 1.89. The summed E-state index contributed by atoms with van der Waals surface area (Å²) in [7, 11) is 0. The average Bonchev–Trinajstić information content (AvgIpc) is 2.17. The molecule has 1 aliphatic rings. The first-order valence-electron chi connectivity index (χ1n) is 3.79. The molecule has 3 N–H and O–H groups in total. The molecule has 1 heterocycles. The molecular weight excluding hydrogens is 215 g/mol. The molecule has 1 aliphatic heterocycles. The SMILES string of the molecule is NNC1[Se]C=Cc2ccccc21. The Morgan fingerprint density at radius 3 is 3.00 bits per heavy atom. The fraction of sp³-hybridized carbons (Fsp3) is 0.111. The maximum absolute atomic E-state index is 5.45. The van der Waals surface area contributed by atoms with Crippen LogP contribution in [-0.4, -0.2) is 15.0 Å². The van der Waals surface area contributed by atoms with Crippen LogP contribution in [0.5, 0.6) is 0 Å². The molecule has 1 atom stereocenters. The Morgan fingerprint density at radius 1 is 1.33 bits per heavy atom. The van der Waals surface area contributed by atoms with Gasteiger partial charge < -0.3 is 0 Å². The summed E-state index contributed by atoms with van der Waals surface area (Å²) in [5.41, 5.74) is 5.44. The number of hydrogen-bond donors (Lipinski definition) is 2. The van der Waals surface area contributed by atoms with Crippen molar-refractivity contribution >= 4 is 21.0 Å². The number of nitrogens with two attached hydrogens (primary N) is 1. The first-order chi connectivity index (χ1) is 5.92. The van der Waals surface area contributed by atoms with E-state index in [1.807, 2.05) is 0 Å². The van der Waals surface area contributed by atoms with Gasteiger partial charge in [-0.25, -0.2) is 0 Å². The van der Waals surface area contributed by atoms with Gasteiger partial charge in [0.15, 0.2) is 0 Å². The van der Waals surface area contributed by atoms with Gasteiger partial charge in [0.2, 0.25) is 0 Å². The zero-order valence-corrected chi connectivity index (χ0v) is 8.24. The standard InChI is InChI=1S/C9H10N2Se/c10-11-9-8-4-2-1-3-7(8)5-6-12-9/h1-6,9,11H,10H2. The first kappa shape index (κ1) is 8.02. The van der Waals surface area contributed by atoms with E-state index in [4.69, 9.17) is 5.84 Å². The van der Waals surface area contributed by atoms with Gasteiger partial charge in [-0.2, -0.15) is 0 Å². The van der Waals surface area contributed by atoms with E-state index in [9.17, 15) is 0 Å². The van der Waals surface area contributed by atoms with Gasteiger partial charge in [0.1, 0.15) is 0 Å². The normalized spacial score (nSPS) is 20.6. The molecule has 0 aromatic heterocycles. The summed E-state index contributed by atoms with van der Waals surface area (Å²) in [5, 5.41) is 0. The zero-order valence-electron chi connectivity index (χ0n) is 6.53. The van der Waals surface area contributed by atoms with Crippen molar-refractivity contribution in [2.24, 2.45) is 5.84 Å². The summed E-state index contributed by atoms with van der Waals surface area (Å²) in [6, 6.07) is 8.35. The zero-order chi connectivity index (χ0) is 8.39. The summed E-state index contributed by atoms with van der Waals surface area (Å²) in [5.74, 6) is 5.45. The monoisotopic (exact) mass is 226 g/mol. The fourth-order valence-electron chi connectivity index (χ4n) is 1.29. The van der Waals surface area contributed by atoms with Crippen LogP contribution in [0, 0.1) is 0 Å². The van der Waals surface area contributed by atoms with Crippen LogP contribution < -0.4 is 11.3 Å². The van der Waals surface area contributed by atoms with Gasteiger partial charge in [-0.3, -0.25) is 0 Å². The van der Waals surface area contributed by atoms with Gasteiger partial charge in [-0.1, -0.05) is 0 Å². The van der Waals surface area contributed by atoms with Crippen molar-refractivity contribution in [3.05, 3.63) is 40.4 Å². The van der Waals surface area contributed by atoms with Crippen molar-refractivity contribution in [1.82, 2.24) is 5.43 Å². The summed E-state index contributed by atoms with van der Waals surface area (Å²) in [6.45, 7) is 0. The Labute approximate surface area is 78.0 Å². The van der Waals surface area contributed by atoms with E-state index < -0.39 is 0 Å². The van der Waals surface area contributed by atoms with Gasteiger partial charge in [-0.05, 0) is 0 Å². The summed E-state index contributed by atoms with van der Waals surface area (Å²) in [4.78, 5) is 2.55. The Morgan fingerprint density at radius 2 is 2.17 bits per heavy atom. The quantitative estimate of drug-likeness (QED) is 0.422. The number of benzene rings is 1. The minimum absolute atomic E-state index is 0.346. The van der Waals surface area contributed by atoms with Crippen LogP contribution in [0.1, 0.15) is 16.1 Å². The number of rotatable bonds is 1. The fourth-order valence-corrected chi connectivity index (χ4v) is 3.02. The van der Waals surface area contributed by atoms with E-state index in [0.29, 0.717) is 19.9 Å². The number of fused-ring (bicyclic) bond motifs is 1. The van der Waals surface area contributed by atoms with Gasteiger partial charge in [0.25, 0.3) is 0 Å². The Balaban J connectivity index is 2.45. The minimum atomic E-state index is 0.346. The third kappa shape index (κ3) is 1.32. The van der Waals surface area contributed by atoms with E-state index in [1.54, 1.807) is 0 Å². The predicted molar refractivity (Wildman–Crippen MR) is 51.3 cm³/mol. The molecule has 0 spiro atoms. The molecular formula is C9H10N2Se. The van der Waals surface area contributed by atoms with E-state index in [1.165, 1.54) is 11.1 Å². The molecule has 0 amide bonds. The molecule has 0 bridgehead atoms. The summed E-state index contributed by atoms with van der Waals surface area (Å²) < 4.78 is 0. The number of nitrogens with one attached hydrogen (secondary N) is 1. The predicted octanol–water partition coefficient (Wildman–Crippen LogP) is 0.837. The van der Waals surface area contributed by atoms with Crippen molar-refractivity contribution in [3.63, 3.8) is 0 Å². The Bertz CT molecular complexity index is 309. The number of hydrogen-bond acceptors (Lipinski definition) is 2. The topological polar surface area (TPSA) is 38.0 Å². The molecule has 0 fully saturated rings.